The molecule has 0 saturated heterocycles. The third-order valence-corrected chi connectivity index (χ3v) is 2.91. The van der Waals surface area contributed by atoms with Crippen molar-refractivity contribution in [1.29, 1.82) is 0 Å². The third-order valence-electron chi connectivity index (χ3n) is 2.91. The normalized spacial score (nSPS) is 10.7. The van der Waals surface area contributed by atoms with Crippen LogP contribution in [0, 0.1) is 0 Å². The minimum Gasteiger partial charge on any atom is -0.508 e. The Morgan fingerprint density at radius 3 is 2.30 bits per heavy atom. The van der Waals surface area contributed by atoms with Crippen molar-refractivity contribution in [1.82, 2.24) is 0 Å². The predicted molar refractivity (Wildman–Crippen MR) is 82.6 cm³/mol. The topological polar surface area (TPSA) is 104 Å². The van der Waals surface area contributed by atoms with Gasteiger partial charge >= 0.3 is 5.97 Å². The largest absolute Gasteiger partial charge is 0.508 e. The lowest BCUT2D eigenvalue weighted by molar-refractivity contribution is -0.131. The van der Waals surface area contributed by atoms with Crippen molar-refractivity contribution in [3.05, 3.63) is 53.6 Å². The number of phenolic OH excluding ortho intramolecular Hbond substituents is 3. The standard InChI is InChI=1S/C17H14O6/c1-10(18)23-17-9-13(20)4-2-11(17)3-7-15(21)14-6-5-12(19)8-16(14)22/h2-9,19-20,22H,1H3. The molecule has 0 unspecified atom stereocenters. The van der Waals surface area contributed by atoms with Crippen LogP contribution in [0.5, 0.6) is 23.0 Å². The summed E-state index contributed by atoms with van der Waals surface area (Å²) in [4.78, 5) is 23.1. The van der Waals surface area contributed by atoms with Gasteiger partial charge in [0.2, 0.25) is 0 Å². The summed E-state index contributed by atoms with van der Waals surface area (Å²) in [5, 5.41) is 28.3. The number of allylic oxidation sites excluding steroid dienone is 1. The highest BCUT2D eigenvalue weighted by atomic mass is 16.5. The van der Waals surface area contributed by atoms with E-state index in [9.17, 15) is 24.9 Å². The number of rotatable bonds is 4. The Kier molecular flexibility index (Phi) is 4.66. The first-order chi connectivity index (χ1) is 10.9. The van der Waals surface area contributed by atoms with E-state index in [1.807, 2.05) is 0 Å². The Bertz CT molecular complexity index is 792. The van der Waals surface area contributed by atoms with E-state index in [2.05, 4.69) is 0 Å². The molecule has 0 aliphatic rings. The van der Waals surface area contributed by atoms with Gasteiger partial charge in [0.15, 0.2) is 5.78 Å². The van der Waals surface area contributed by atoms with Crippen LogP contribution in [0.25, 0.3) is 6.08 Å². The minimum absolute atomic E-state index is 0.0202. The number of ether oxygens (including phenoxy) is 1. The molecule has 6 nitrogen and oxygen atoms in total. The molecule has 0 fully saturated rings. The van der Waals surface area contributed by atoms with Crippen LogP contribution in [0.1, 0.15) is 22.8 Å². The van der Waals surface area contributed by atoms with Crippen molar-refractivity contribution in [2.24, 2.45) is 0 Å². The van der Waals surface area contributed by atoms with Gasteiger partial charge in [0.05, 0.1) is 5.56 Å². The maximum atomic E-state index is 12.1. The summed E-state index contributed by atoms with van der Waals surface area (Å²) in [6.07, 6.45) is 2.58. The van der Waals surface area contributed by atoms with Crippen LogP contribution in [0.15, 0.2) is 42.5 Å². The molecule has 3 N–H and O–H groups in total. The number of aromatic hydroxyl groups is 3. The Labute approximate surface area is 131 Å². The fraction of sp³-hybridized carbons (Fsp3) is 0.0588. The maximum Gasteiger partial charge on any atom is 0.308 e. The third kappa shape index (κ3) is 4.10. The number of hydrogen-bond acceptors (Lipinski definition) is 6. The number of benzene rings is 2. The lowest BCUT2D eigenvalue weighted by Gasteiger charge is -2.06. The van der Waals surface area contributed by atoms with E-state index >= 15 is 0 Å². The zero-order chi connectivity index (χ0) is 17.0. The summed E-state index contributed by atoms with van der Waals surface area (Å²) in [7, 11) is 0. The number of hydrogen-bond donors (Lipinski definition) is 3. The van der Waals surface area contributed by atoms with E-state index in [0.29, 0.717) is 5.56 Å². The van der Waals surface area contributed by atoms with Gasteiger partial charge in [-0.25, -0.2) is 0 Å². The van der Waals surface area contributed by atoms with E-state index in [1.54, 1.807) is 0 Å². The molecule has 0 aromatic heterocycles. The van der Waals surface area contributed by atoms with Gasteiger partial charge in [-0.1, -0.05) is 0 Å². The van der Waals surface area contributed by atoms with E-state index in [-0.39, 0.29) is 28.6 Å². The van der Waals surface area contributed by atoms with Crippen LogP contribution in [0.2, 0.25) is 0 Å². The molecule has 6 heteroatoms. The van der Waals surface area contributed by atoms with E-state index in [1.165, 1.54) is 49.4 Å². The molecule has 0 radical (unpaired) electrons. The first-order valence-electron chi connectivity index (χ1n) is 6.62. The first kappa shape index (κ1) is 16.1. The highest BCUT2D eigenvalue weighted by Crippen LogP contribution is 2.27. The van der Waals surface area contributed by atoms with E-state index < -0.39 is 11.8 Å². The molecule has 23 heavy (non-hydrogen) atoms. The number of esters is 1. The highest BCUT2D eigenvalue weighted by molar-refractivity contribution is 6.08. The molecule has 2 aromatic rings. The Morgan fingerprint density at radius 1 is 1.00 bits per heavy atom. The summed E-state index contributed by atoms with van der Waals surface area (Å²) in [6.45, 7) is 1.22. The van der Waals surface area contributed by atoms with Crippen LogP contribution in [0.4, 0.5) is 0 Å². The van der Waals surface area contributed by atoms with Crippen LogP contribution < -0.4 is 4.74 Å². The van der Waals surface area contributed by atoms with E-state index in [4.69, 9.17) is 4.74 Å². The molecule has 0 heterocycles. The summed E-state index contributed by atoms with van der Waals surface area (Å²) in [6, 6.07) is 7.76. The van der Waals surface area contributed by atoms with Gasteiger partial charge in [-0.2, -0.15) is 0 Å². The molecule has 118 valence electrons. The predicted octanol–water partition coefficient (Wildman–Crippen LogP) is 2.62. The summed E-state index contributed by atoms with van der Waals surface area (Å²) >= 11 is 0. The van der Waals surface area contributed by atoms with Crippen molar-refractivity contribution >= 4 is 17.8 Å². The Morgan fingerprint density at radius 2 is 1.65 bits per heavy atom. The second-order valence-corrected chi connectivity index (χ2v) is 4.71. The fourth-order valence-corrected chi connectivity index (χ4v) is 1.89. The van der Waals surface area contributed by atoms with Crippen molar-refractivity contribution in [3.63, 3.8) is 0 Å². The smallest absolute Gasteiger partial charge is 0.308 e. The van der Waals surface area contributed by atoms with Gasteiger partial charge < -0.3 is 20.1 Å². The summed E-state index contributed by atoms with van der Waals surface area (Å²) < 4.78 is 4.96. The number of ketones is 1. The molecule has 0 aliphatic carbocycles. The number of carbonyl (C=O) groups is 2. The van der Waals surface area contributed by atoms with Crippen molar-refractivity contribution in [2.45, 2.75) is 6.92 Å². The van der Waals surface area contributed by atoms with Gasteiger partial charge in [-0.3, -0.25) is 9.59 Å². The van der Waals surface area contributed by atoms with Crippen molar-refractivity contribution in [2.75, 3.05) is 0 Å². The average Bonchev–Trinajstić information content (AvgIpc) is 2.45. The average molecular weight is 314 g/mol. The number of phenols is 3. The van der Waals surface area contributed by atoms with Crippen molar-refractivity contribution in [3.8, 4) is 23.0 Å². The van der Waals surface area contributed by atoms with E-state index in [0.717, 1.165) is 6.07 Å². The molecule has 0 spiro atoms. The van der Waals surface area contributed by atoms with Gasteiger partial charge in [0.25, 0.3) is 0 Å². The maximum absolute atomic E-state index is 12.1. The fourth-order valence-electron chi connectivity index (χ4n) is 1.89. The summed E-state index contributed by atoms with van der Waals surface area (Å²) in [5.41, 5.74) is 0.427. The monoisotopic (exact) mass is 314 g/mol. The second-order valence-electron chi connectivity index (χ2n) is 4.71. The SMILES string of the molecule is CC(=O)Oc1cc(O)ccc1C=CC(=O)c1ccc(O)cc1O. The van der Waals surface area contributed by atoms with Crippen LogP contribution in [-0.4, -0.2) is 27.1 Å². The Hall–Kier alpha value is -3.28. The molecule has 0 amide bonds. The second kappa shape index (κ2) is 6.65. The van der Waals surface area contributed by atoms with Gasteiger partial charge in [0, 0.05) is 24.6 Å². The zero-order valence-electron chi connectivity index (χ0n) is 12.2. The van der Waals surface area contributed by atoms with Gasteiger partial charge in [0.1, 0.15) is 23.0 Å². The molecule has 0 saturated carbocycles. The van der Waals surface area contributed by atoms with Crippen LogP contribution >= 0.6 is 0 Å². The molecule has 2 rings (SSSR count). The minimum atomic E-state index is -0.562. The zero-order valence-corrected chi connectivity index (χ0v) is 12.2. The number of carbonyl (C=O) groups excluding carboxylic acids is 2. The molecule has 2 aromatic carbocycles. The summed E-state index contributed by atoms with van der Waals surface area (Å²) in [5.74, 6) is -1.53. The lowest BCUT2D eigenvalue weighted by atomic mass is 10.1. The lowest BCUT2D eigenvalue weighted by Crippen LogP contribution is -2.02. The van der Waals surface area contributed by atoms with Gasteiger partial charge in [-0.05, 0) is 36.4 Å². The first-order valence-corrected chi connectivity index (χ1v) is 6.62. The quantitative estimate of drug-likeness (QED) is 0.347. The van der Waals surface area contributed by atoms with Gasteiger partial charge in [-0.15, -0.1) is 0 Å². The molecule has 0 atom stereocenters. The molecular formula is C17H14O6. The molecule has 0 aliphatic heterocycles. The Balaban J connectivity index is 2.29. The van der Waals surface area contributed by atoms with Crippen LogP contribution in [0.3, 0.4) is 0 Å². The molecular weight excluding hydrogens is 300 g/mol. The van der Waals surface area contributed by atoms with Crippen LogP contribution in [-0.2, 0) is 4.79 Å². The molecule has 0 bridgehead atoms. The highest BCUT2D eigenvalue weighted by Gasteiger charge is 2.10. The van der Waals surface area contributed by atoms with Crippen molar-refractivity contribution < 1.29 is 29.6 Å².